The van der Waals surface area contributed by atoms with Crippen molar-refractivity contribution in [2.45, 2.75) is 42.7 Å². The molecule has 3 fully saturated rings. The van der Waals surface area contributed by atoms with E-state index in [1.165, 1.54) is 13.3 Å². The molecule has 1 amide bonds. The van der Waals surface area contributed by atoms with Crippen LogP contribution in [0.4, 0.5) is 23.2 Å². The van der Waals surface area contributed by atoms with Gasteiger partial charge in [-0.1, -0.05) is 6.07 Å². The Bertz CT molecular complexity index is 1080. The van der Waals surface area contributed by atoms with Crippen molar-refractivity contribution in [2.24, 2.45) is 5.41 Å². The Hall–Kier alpha value is -2.72. The van der Waals surface area contributed by atoms with E-state index in [1.54, 1.807) is 12.1 Å². The van der Waals surface area contributed by atoms with E-state index in [2.05, 4.69) is 10.3 Å². The molecule has 2 N–H and O–H groups in total. The molecule has 1 saturated carbocycles. The summed E-state index contributed by atoms with van der Waals surface area (Å²) in [6.07, 6.45) is -4.95. The molecule has 3 heterocycles. The maximum Gasteiger partial charge on any atom is 0.419 e. The second kappa shape index (κ2) is 6.39. The van der Waals surface area contributed by atoms with Gasteiger partial charge in [0.25, 0.3) is 0 Å². The molecule has 1 aromatic heterocycles. The Morgan fingerprint density at radius 1 is 1.35 bits per heavy atom. The highest BCUT2D eigenvalue weighted by atomic mass is 19.4. The lowest BCUT2D eigenvalue weighted by molar-refractivity contribution is -0.140. The molecule has 10 heteroatoms. The van der Waals surface area contributed by atoms with Gasteiger partial charge >= 0.3 is 6.18 Å². The highest BCUT2D eigenvalue weighted by Gasteiger charge is 2.87. The summed E-state index contributed by atoms with van der Waals surface area (Å²) >= 11 is 0. The number of halogens is 4. The fourth-order valence-corrected chi connectivity index (χ4v) is 5.41. The van der Waals surface area contributed by atoms with Crippen LogP contribution in [0, 0.1) is 11.2 Å². The van der Waals surface area contributed by atoms with Gasteiger partial charge in [0.05, 0.1) is 42.1 Å². The molecule has 2 aromatic rings. The molecule has 1 aromatic carbocycles. The van der Waals surface area contributed by atoms with Crippen LogP contribution in [0.25, 0.3) is 0 Å². The summed E-state index contributed by atoms with van der Waals surface area (Å²) in [6, 6.07) is 6.08. The van der Waals surface area contributed by atoms with Crippen LogP contribution in [0.2, 0.25) is 0 Å². The Morgan fingerprint density at radius 2 is 2.13 bits per heavy atom. The molecule has 2 bridgehead atoms. The molecule has 2 aliphatic heterocycles. The van der Waals surface area contributed by atoms with E-state index in [4.69, 9.17) is 9.47 Å². The maximum atomic E-state index is 14.5. The molecule has 5 rings (SSSR count). The number of carbonyl (C=O) groups excluding carboxylic acids is 1. The van der Waals surface area contributed by atoms with E-state index in [9.17, 15) is 27.5 Å². The molecule has 0 unspecified atom stereocenters. The van der Waals surface area contributed by atoms with Gasteiger partial charge in [-0.15, -0.1) is 0 Å². The van der Waals surface area contributed by atoms with Gasteiger partial charge < -0.3 is 19.9 Å². The number of alkyl halides is 3. The van der Waals surface area contributed by atoms with Gasteiger partial charge in [0, 0.05) is 24.1 Å². The second-order valence-corrected chi connectivity index (χ2v) is 8.17. The van der Waals surface area contributed by atoms with Crippen molar-refractivity contribution in [3.05, 3.63) is 53.5 Å². The number of nitrogens with zero attached hydrogens (tertiary/aromatic N) is 1. The van der Waals surface area contributed by atoms with Crippen molar-refractivity contribution >= 4 is 11.6 Å². The summed E-state index contributed by atoms with van der Waals surface area (Å²) in [7, 11) is 1.44. The maximum absolute atomic E-state index is 14.5. The van der Waals surface area contributed by atoms with Crippen LogP contribution >= 0.6 is 0 Å². The lowest BCUT2D eigenvalue weighted by atomic mass is 9.74. The van der Waals surface area contributed by atoms with Crippen molar-refractivity contribution < 1.29 is 36.9 Å². The average Bonchev–Trinajstić information content (AvgIpc) is 3.22. The zero-order valence-corrected chi connectivity index (χ0v) is 16.2. The third-order valence-electron chi connectivity index (χ3n) is 6.80. The van der Waals surface area contributed by atoms with Gasteiger partial charge in [-0.2, -0.15) is 13.2 Å². The molecule has 164 valence electrons. The first-order valence-electron chi connectivity index (χ1n) is 9.66. The highest BCUT2D eigenvalue weighted by molar-refractivity contribution is 6.01. The summed E-state index contributed by atoms with van der Waals surface area (Å²) in [5.74, 6) is -1.86. The van der Waals surface area contributed by atoms with Crippen molar-refractivity contribution in [1.82, 2.24) is 4.98 Å². The van der Waals surface area contributed by atoms with Crippen molar-refractivity contribution in [3.8, 4) is 5.88 Å². The van der Waals surface area contributed by atoms with Crippen molar-refractivity contribution in [3.63, 3.8) is 0 Å². The number of hydrogen-bond acceptors (Lipinski definition) is 5. The third kappa shape index (κ3) is 2.58. The zero-order valence-electron chi connectivity index (χ0n) is 16.2. The largest absolute Gasteiger partial charge is 0.481 e. The molecule has 0 spiro atoms. The Kier molecular flexibility index (Phi) is 4.17. The summed E-state index contributed by atoms with van der Waals surface area (Å²) in [4.78, 5) is 17.4. The number of anilines is 1. The fourth-order valence-electron chi connectivity index (χ4n) is 5.41. The van der Waals surface area contributed by atoms with Crippen LogP contribution in [0.1, 0.15) is 24.0 Å². The number of ether oxygens (including phenoxy) is 2. The van der Waals surface area contributed by atoms with E-state index in [-0.39, 0.29) is 6.42 Å². The quantitative estimate of drug-likeness (QED) is 0.718. The summed E-state index contributed by atoms with van der Waals surface area (Å²) in [5.41, 5.74) is -3.36. The summed E-state index contributed by atoms with van der Waals surface area (Å²) < 4.78 is 64.7. The molecule has 0 radical (unpaired) electrons. The first-order chi connectivity index (χ1) is 14.6. The number of pyridine rings is 1. The number of fused-ring (bicyclic) bond motifs is 5. The average molecular weight is 438 g/mol. The standard InChI is InChI=1S/C21H18F4N2O4/c1-30-15-7-10(5-6-26-15)19-9-20(19,14-8-13(28)17(19)31-14)18(29)27-12-4-2-3-11(16(12)22)21(23,24)25/h2-7,13-14,17,28H,8-9H2,1H3,(H,27,29)/t13-,14+,17-,19+,20+/m0/s1. The lowest BCUT2D eigenvalue weighted by Gasteiger charge is -2.29. The van der Waals surface area contributed by atoms with E-state index in [1.807, 2.05) is 0 Å². The molecule has 2 saturated heterocycles. The minimum Gasteiger partial charge on any atom is -0.481 e. The van der Waals surface area contributed by atoms with Gasteiger partial charge in [0.2, 0.25) is 11.8 Å². The van der Waals surface area contributed by atoms with E-state index >= 15 is 0 Å². The van der Waals surface area contributed by atoms with Gasteiger partial charge in [-0.3, -0.25) is 4.79 Å². The first kappa shape index (κ1) is 20.2. The van der Waals surface area contributed by atoms with Crippen LogP contribution < -0.4 is 10.1 Å². The van der Waals surface area contributed by atoms with Crippen LogP contribution in [0.3, 0.4) is 0 Å². The number of rotatable bonds is 4. The number of nitrogens with one attached hydrogen (secondary N) is 1. The number of hydrogen-bond donors (Lipinski definition) is 2. The molecule has 3 aliphatic rings. The predicted octanol–water partition coefficient (Wildman–Crippen LogP) is 3.05. The Balaban J connectivity index is 1.52. The summed E-state index contributed by atoms with van der Waals surface area (Å²) in [5, 5.41) is 12.8. The molecule has 6 nitrogen and oxygen atoms in total. The minimum atomic E-state index is -4.89. The number of aliphatic hydroxyl groups excluding tert-OH is 1. The van der Waals surface area contributed by atoms with Gasteiger partial charge in [-0.25, -0.2) is 9.37 Å². The van der Waals surface area contributed by atoms with Gasteiger partial charge in [0.1, 0.15) is 0 Å². The van der Waals surface area contributed by atoms with Crippen molar-refractivity contribution in [1.29, 1.82) is 0 Å². The minimum absolute atomic E-state index is 0.215. The van der Waals surface area contributed by atoms with Crippen molar-refractivity contribution in [2.75, 3.05) is 12.4 Å². The van der Waals surface area contributed by atoms with Gasteiger partial charge in [-0.05, 0) is 30.2 Å². The van der Waals surface area contributed by atoms with Gasteiger partial charge in [0.15, 0.2) is 5.82 Å². The smallest absolute Gasteiger partial charge is 0.419 e. The number of carbonyl (C=O) groups is 1. The fraction of sp³-hybridized carbons (Fsp3) is 0.429. The number of methoxy groups -OCH3 is 1. The SMILES string of the molecule is COc1cc([C@@]23C[C@]2(C(=O)Nc2cccc(C(F)(F)F)c2F)[C@H]2C[C@H](O)[C@@H]3O2)ccn1. The molecule has 31 heavy (non-hydrogen) atoms. The number of aliphatic hydroxyl groups is 1. The third-order valence-corrected chi connectivity index (χ3v) is 6.80. The number of benzene rings is 1. The van der Waals surface area contributed by atoms with Crippen LogP contribution in [-0.2, 0) is 21.1 Å². The van der Waals surface area contributed by atoms with E-state index < -0.39 is 58.3 Å². The van der Waals surface area contributed by atoms with Crippen LogP contribution in [0.15, 0.2) is 36.5 Å². The normalized spacial score (nSPS) is 33.2. The number of aromatic nitrogens is 1. The Morgan fingerprint density at radius 3 is 2.84 bits per heavy atom. The summed E-state index contributed by atoms with van der Waals surface area (Å²) in [6.45, 7) is 0. The lowest BCUT2D eigenvalue weighted by Crippen LogP contribution is -2.44. The van der Waals surface area contributed by atoms with Crippen LogP contribution in [0.5, 0.6) is 5.88 Å². The molecule has 5 atom stereocenters. The van der Waals surface area contributed by atoms with E-state index in [0.29, 0.717) is 23.9 Å². The predicted molar refractivity (Wildman–Crippen MR) is 98.8 cm³/mol. The van der Waals surface area contributed by atoms with E-state index in [0.717, 1.165) is 12.1 Å². The molecule has 1 aliphatic carbocycles. The first-order valence-corrected chi connectivity index (χ1v) is 9.66. The monoisotopic (exact) mass is 438 g/mol. The zero-order chi connectivity index (χ0) is 22.2. The number of amides is 1. The second-order valence-electron chi connectivity index (χ2n) is 8.17. The Labute approximate surface area is 174 Å². The highest BCUT2D eigenvalue weighted by Crippen LogP contribution is 2.77. The topological polar surface area (TPSA) is 80.7 Å². The van der Waals surface area contributed by atoms with Crippen LogP contribution in [-0.4, -0.2) is 41.4 Å². The molecular weight excluding hydrogens is 420 g/mol. The molecular formula is C21H18F4N2O4.